The Kier molecular flexibility index (Phi) is 2.95. The van der Waals surface area contributed by atoms with Gasteiger partial charge in [-0.2, -0.15) is 5.10 Å². The Bertz CT molecular complexity index is 882. The molecule has 3 N–H and O–H groups in total. The first-order chi connectivity index (χ1) is 9.47. The summed E-state index contributed by atoms with van der Waals surface area (Å²) in [6.07, 6.45) is 2.78. The second kappa shape index (κ2) is 4.53. The van der Waals surface area contributed by atoms with Gasteiger partial charge in [-0.15, -0.1) is 0 Å². The maximum absolute atomic E-state index is 12.4. The van der Waals surface area contributed by atoms with E-state index >= 15 is 0 Å². The molecule has 0 saturated carbocycles. The molecule has 0 aliphatic heterocycles. The molecular weight excluding hydrogens is 300 g/mol. The number of sulfonamides is 1. The van der Waals surface area contributed by atoms with Gasteiger partial charge in [-0.1, -0.05) is 23.7 Å². The molecule has 8 heteroatoms. The molecule has 20 heavy (non-hydrogen) atoms. The molecule has 0 aliphatic carbocycles. The number of aromatic nitrogens is 3. The quantitative estimate of drug-likeness (QED) is 0.694. The molecule has 0 unspecified atom stereocenters. The number of nitrogens with one attached hydrogen (secondary N) is 3. The van der Waals surface area contributed by atoms with Gasteiger partial charge in [-0.05, 0) is 18.6 Å². The summed E-state index contributed by atoms with van der Waals surface area (Å²) in [6.45, 7) is 1.94. The van der Waals surface area contributed by atoms with E-state index in [9.17, 15) is 8.42 Å². The van der Waals surface area contributed by atoms with E-state index in [2.05, 4.69) is 19.9 Å². The average molecular weight is 311 g/mol. The fourth-order valence-corrected chi connectivity index (χ4v) is 3.41. The number of hydrogen-bond donors (Lipinski definition) is 3. The van der Waals surface area contributed by atoms with Gasteiger partial charge in [0.15, 0.2) is 0 Å². The largest absolute Gasteiger partial charge is 0.360 e. The van der Waals surface area contributed by atoms with E-state index in [0.717, 1.165) is 11.1 Å². The highest BCUT2D eigenvalue weighted by Gasteiger charge is 2.20. The first-order valence-corrected chi connectivity index (χ1v) is 7.63. The minimum absolute atomic E-state index is 0.143. The van der Waals surface area contributed by atoms with Crippen LogP contribution in [0.4, 0.5) is 5.69 Å². The van der Waals surface area contributed by atoms with Gasteiger partial charge in [0.05, 0.1) is 6.20 Å². The van der Waals surface area contributed by atoms with Crippen LogP contribution in [0.5, 0.6) is 0 Å². The SMILES string of the molecule is Cc1ccc2c(S(=O)(=O)Nc3cn[nH]c3Cl)c[nH]c2c1. The van der Waals surface area contributed by atoms with Crippen LogP contribution in [-0.4, -0.2) is 23.6 Å². The summed E-state index contributed by atoms with van der Waals surface area (Å²) in [6, 6.07) is 5.52. The fraction of sp³-hybridized carbons (Fsp3) is 0.0833. The monoisotopic (exact) mass is 310 g/mol. The Morgan fingerprint density at radius 2 is 2.15 bits per heavy atom. The zero-order valence-electron chi connectivity index (χ0n) is 10.4. The Balaban J connectivity index is 2.08. The number of halogens is 1. The van der Waals surface area contributed by atoms with Crippen molar-refractivity contribution in [2.75, 3.05) is 4.72 Å². The van der Waals surface area contributed by atoms with Crippen molar-refractivity contribution in [3.8, 4) is 0 Å². The van der Waals surface area contributed by atoms with E-state index in [-0.39, 0.29) is 15.7 Å². The number of hydrogen-bond acceptors (Lipinski definition) is 3. The second-order valence-electron chi connectivity index (χ2n) is 4.41. The predicted octanol–water partition coefficient (Wildman–Crippen LogP) is 2.65. The lowest BCUT2D eigenvalue weighted by atomic mass is 10.2. The van der Waals surface area contributed by atoms with E-state index in [0.29, 0.717) is 5.39 Å². The van der Waals surface area contributed by atoms with Crippen LogP contribution in [0, 0.1) is 6.92 Å². The summed E-state index contributed by atoms with van der Waals surface area (Å²) in [5.74, 6) is 0. The van der Waals surface area contributed by atoms with Crippen molar-refractivity contribution in [2.24, 2.45) is 0 Å². The molecule has 6 nitrogen and oxygen atoms in total. The van der Waals surface area contributed by atoms with Crippen molar-refractivity contribution in [1.82, 2.24) is 15.2 Å². The maximum atomic E-state index is 12.4. The van der Waals surface area contributed by atoms with Gasteiger partial charge < -0.3 is 4.98 Å². The Morgan fingerprint density at radius 3 is 2.85 bits per heavy atom. The van der Waals surface area contributed by atoms with Crippen LogP contribution in [0.1, 0.15) is 5.56 Å². The predicted molar refractivity (Wildman–Crippen MR) is 77.4 cm³/mol. The summed E-state index contributed by atoms with van der Waals surface area (Å²) in [4.78, 5) is 3.12. The first-order valence-electron chi connectivity index (χ1n) is 5.77. The Hall–Kier alpha value is -1.99. The molecule has 0 fully saturated rings. The topological polar surface area (TPSA) is 90.6 Å². The number of anilines is 1. The Morgan fingerprint density at radius 1 is 1.35 bits per heavy atom. The molecule has 3 rings (SSSR count). The summed E-state index contributed by atoms with van der Waals surface area (Å²) in [5, 5.41) is 6.90. The van der Waals surface area contributed by atoms with Crippen molar-refractivity contribution in [3.63, 3.8) is 0 Å². The summed E-state index contributed by atoms with van der Waals surface area (Å²) in [5.41, 5.74) is 2.03. The van der Waals surface area contributed by atoms with Crippen LogP contribution in [0.15, 0.2) is 35.5 Å². The van der Waals surface area contributed by atoms with E-state index in [1.54, 1.807) is 6.07 Å². The van der Waals surface area contributed by atoms with Crippen molar-refractivity contribution in [3.05, 3.63) is 41.3 Å². The second-order valence-corrected chi connectivity index (χ2v) is 6.43. The van der Waals surface area contributed by atoms with Crippen LogP contribution in [-0.2, 0) is 10.0 Å². The van der Waals surface area contributed by atoms with E-state index in [1.807, 2.05) is 19.1 Å². The van der Waals surface area contributed by atoms with Crippen LogP contribution in [0.3, 0.4) is 0 Å². The van der Waals surface area contributed by atoms with Crippen LogP contribution in [0.2, 0.25) is 5.15 Å². The molecule has 0 atom stereocenters. The number of rotatable bonds is 3. The minimum Gasteiger partial charge on any atom is -0.360 e. The number of fused-ring (bicyclic) bond motifs is 1. The number of nitrogens with zero attached hydrogens (tertiary/aromatic N) is 1. The zero-order valence-corrected chi connectivity index (χ0v) is 12.0. The maximum Gasteiger partial charge on any atom is 0.264 e. The lowest BCUT2D eigenvalue weighted by molar-refractivity contribution is 0.602. The van der Waals surface area contributed by atoms with Gasteiger partial charge in [-0.25, -0.2) is 8.42 Å². The lowest BCUT2D eigenvalue weighted by Crippen LogP contribution is -2.12. The molecule has 0 bridgehead atoms. The molecule has 3 aromatic rings. The molecule has 0 aliphatic rings. The third-order valence-electron chi connectivity index (χ3n) is 2.93. The number of aryl methyl sites for hydroxylation is 1. The minimum atomic E-state index is -3.73. The van der Waals surface area contributed by atoms with E-state index in [4.69, 9.17) is 11.6 Å². The van der Waals surface area contributed by atoms with Crippen molar-refractivity contribution < 1.29 is 8.42 Å². The molecule has 2 aromatic heterocycles. The standard InChI is InChI=1S/C12H11ClN4O2S/c1-7-2-3-8-9(4-7)14-6-11(8)20(18,19)17-10-5-15-16-12(10)13/h2-6,14,17H,1H3,(H,15,16). The van der Waals surface area contributed by atoms with Gasteiger partial charge in [0, 0.05) is 17.1 Å². The van der Waals surface area contributed by atoms with Crippen LogP contribution in [0.25, 0.3) is 10.9 Å². The van der Waals surface area contributed by atoms with Crippen molar-refractivity contribution in [1.29, 1.82) is 0 Å². The number of benzene rings is 1. The first kappa shape index (κ1) is 13.0. The summed E-state index contributed by atoms with van der Waals surface area (Å²) in [7, 11) is -3.73. The molecular formula is C12H11ClN4O2S. The van der Waals surface area contributed by atoms with E-state index < -0.39 is 10.0 Å². The van der Waals surface area contributed by atoms with Crippen LogP contribution >= 0.6 is 11.6 Å². The molecule has 1 aromatic carbocycles. The van der Waals surface area contributed by atoms with Gasteiger partial charge in [0.25, 0.3) is 10.0 Å². The number of H-pyrrole nitrogens is 2. The summed E-state index contributed by atoms with van der Waals surface area (Å²) >= 11 is 5.79. The van der Waals surface area contributed by atoms with Crippen LogP contribution < -0.4 is 4.72 Å². The normalized spacial score (nSPS) is 11.9. The van der Waals surface area contributed by atoms with E-state index in [1.165, 1.54) is 12.4 Å². The highest BCUT2D eigenvalue weighted by molar-refractivity contribution is 7.93. The zero-order chi connectivity index (χ0) is 14.3. The summed E-state index contributed by atoms with van der Waals surface area (Å²) < 4.78 is 27.2. The van der Waals surface area contributed by atoms with Gasteiger partial charge in [0.2, 0.25) is 0 Å². The van der Waals surface area contributed by atoms with Crippen molar-refractivity contribution in [2.45, 2.75) is 11.8 Å². The molecule has 2 heterocycles. The highest BCUT2D eigenvalue weighted by atomic mass is 35.5. The number of aromatic amines is 2. The third-order valence-corrected chi connectivity index (χ3v) is 4.62. The Labute approximate surface area is 120 Å². The lowest BCUT2D eigenvalue weighted by Gasteiger charge is -2.05. The smallest absolute Gasteiger partial charge is 0.264 e. The van der Waals surface area contributed by atoms with Gasteiger partial charge in [0.1, 0.15) is 15.7 Å². The van der Waals surface area contributed by atoms with Gasteiger partial charge in [-0.3, -0.25) is 9.82 Å². The molecule has 0 saturated heterocycles. The highest BCUT2D eigenvalue weighted by Crippen LogP contribution is 2.27. The molecule has 104 valence electrons. The fourth-order valence-electron chi connectivity index (χ4n) is 1.98. The molecule has 0 spiro atoms. The average Bonchev–Trinajstić information content (AvgIpc) is 2.96. The van der Waals surface area contributed by atoms with Gasteiger partial charge >= 0.3 is 0 Å². The third kappa shape index (κ3) is 2.14. The van der Waals surface area contributed by atoms with Crippen molar-refractivity contribution >= 4 is 38.2 Å². The molecule has 0 amide bonds. The molecule has 0 radical (unpaired) electrons.